The third-order valence-corrected chi connectivity index (χ3v) is 3.89. The first kappa shape index (κ1) is 13.6. The number of fused-ring (bicyclic) bond motifs is 1. The van der Waals surface area contributed by atoms with Crippen LogP contribution in [-0.4, -0.2) is 18.0 Å². The molecule has 0 bridgehead atoms. The molecule has 2 amide bonds. The highest BCUT2D eigenvalue weighted by Gasteiger charge is 2.20. The maximum atomic E-state index is 11.6. The number of amides is 2. The number of nitrogens with zero attached hydrogens (tertiary/aromatic N) is 1. The minimum atomic E-state index is -0.155. The van der Waals surface area contributed by atoms with E-state index in [0.29, 0.717) is 6.54 Å². The van der Waals surface area contributed by atoms with Crippen LogP contribution in [0.2, 0.25) is 0 Å². The van der Waals surface area contributed by atoms with E-state index in [4.69, 9.17) is 5.73 Å². The van der Waals surface area contributed by atoms with Crippen molar-refractivity contribution < 1.29 is 4.79 Å². The molecular weight excluding hydrogens is 262 g/mol. The largest absolute Gasteiger partial charge is 0.323 e. The highest BCUT2D eigenvalue weighted by Crippen LogP contribution is 2.28. The van der Waals surface area contributed by atoms with Gasteiger partial charge in [-0.15, -0.1) is 0 Å². The van der Waals surface area contributed by atoms with Crippen molar-refractivity contribution in [2.75, 3.05) is 12.4 Å². The summed E-state index contributed by atoms with van der Waals surface area (Å²) in [6, 6.07) is 14.0. The predicted octanol–water partition coefficient (Wildman–Crippen LogP) is 3.02. The van der Waals surface area contributed by atoms with Crippen molar-refractivity contribution in [3.63, 3.8) is 0 Å². The zero-order chi connectivity index (χ0) is 15.0. The van der Waals surface area contributed by atoms with Crippen LogP contribution in [-0.2, 0) is 6.54 Å². The van der Waals surface area contributed by atoms with Crippen molar-refractivity contribution in [1.29, 1.82) is 0 Å². The zero-order valence-corrected chi connectivity index (χ0v) is 12.3. The standard InChI is InChI=1S/C17H19N3O/c1-11-4-3-5-12(8-11)16(18)13-6-7-15-14(9-13)10-20(2)17(21)19-15/h3-9,16H,10,18H2,1-2H3,(H,19,21). The fourth-order valence-electron chi connectivity index (χ4n) is 2.65. The molecule has 1 atom stereocenters. The van der Waals surface area contributed by atoms with Gasteiger partial charge >= 0.3 is 6.03 Å². The summed E-state index contributed by atoms with van der Waals surface area (Å²) < 4.78 is 0. The van der Waals surface area contributed by atoms with Gasteiger partial charge in [0.2, 0.25) is 0 Å². The van der Waals surface area contributed by atoms with E-state index in [9.17, 15) is 4.79 Å². The molecule has 21 heavy (non-hydrogen) atoms. The number of nitrogens with two attached hydrogens (primary N) is 1. The summed E-state index contributed by atoms with van der Waals surface area (Å²) in [6.45, 7) is 2.67. The lowest BCUT2D eigenvalue weighted by atomic mass is 9.95. The Morgan fingerprint density at radius 2 is 1.95 bits per heavy atom. The maximum absolute atomic E-state index is 11.6. The summed E-state index contributed by atoms with van der Waals surface area (Å²) in [5.41, 5.74) is 11.7. The van der Waals surface area contributed by atoms with Crippen LogP contribution < -0.4 is 11.1 Å². The molecule has 1 unspecified atom stereocenters. The number of hydrogen-bond acceptors (Lipinski definition) is 2. The molecule has 1 heterocycles. The van der Waals surface area contributed by atoms with Crippen molar-refractivity contribution >= 4 is 11.7 Å². The number of aryl methyl sites for hydroxylation is 1. The van der Waals surface area contributed by atoms with Crippen LogP contribution >= 0.6 is 0 Å². The summed E-state index contributed by atoms with van der Waals surface area (Å²) in [4.78, 5) is 13.3. The third-order valence-electron chi connectivity index (χ3n) is 3.89. The van der Waals surface area contributed by atoms with Crippen molar-refractivity contribution in [3.05, 3.63) is 64.7 Å². The molecule has 4 heteroatoms. The van der Waals surface area contributed by atoms with Gasteiger partial charge in [-0.3, -0.25) is 0 Å². The highest BCUT2D eigenvalue weighted by atomic mass is 16.2. The van der Waals surface area contributed by atoms with Crippen LogP contribution in [0.4, 0.5) is 10.5 Å². The highest BCUT2D eigenvalue weighted by molar-refractivity contribution is 5.92. The van der Waals surface area contributed by atoms with E-state index in [2.05, 4.69) is 30.4 Å². The van der Waals surface area contributed by atoms with Gasteiger partial charge in [0.15, 0.2) is 0 Å². The molecule has 0 fully saturated rings. The smallest absolute Gasteiger partial charge is 0.321 e. The molecule has 3 rings (SSSR count). The van der Waals surface area contributed by atoms with Gasteiger partial charge in [0.25, 0.3) is 0 Å². The van der Waals surface area contributed by atoms with E-state index >= 15 is 0 Å². The van der Waals surface area contributed by atoms with Gasteiger partial charge in [-0.05, 0) is 29.7 Å². The van der Waals surface area contributed by atoms with Gasteiger partial charge in [0.05, 0.1) is 6.04 Å². The first-order valence-electron chi connectivity index (χ1n) is 7.01. The maximum Gasteiger partial charge on any atom is 0.321 e. The summed E-state index contributed by atoms with van der Waals surface area (Å²) in [5.74, 6) is 0. The molecule has 0 saturated heterocycles. The number of benzene rings is 2. The molecular formula is C17H19N3O. The van der Waals surface area contributed by atoms with Crippen molar-refractivity contribution in [1.82, 2.24) is 4.90 Å². The van der Waals surface area contributed by atoms with Gasteiger partial charge in [0.1, 0.15) is 0 Å². The van der Waals surface area contributed by atoms with Gasteiger partial charge in [-0.2, -0.15) is 0 Å². The average Bonchev–Trinajstić information content (AvgIpc) is 2.47. The Morgan fingerprint density at radius 1 is 1.19 bits per heavy atom. The van der Waals surface area contributed by atoms with Crippen molar-refractivity contribution in [3.8, 4) is 0 Å². The SMILES string of the molecule is Cc1cccc(C(N)c2ccc3c(c2)CN(C)C(=O)N3)c1. The Hall–Kier alpha value is -2.33. The van der Waals surface area contributed by atoms with E-state index in [0.717, 1.165) is 22.4 Å². The topological polar surface area (TPSA) is 58.4 Å². The van der Waals surface area contributed by atoms with Gasteiger partial charge < -0.3 is 16.0 Å². The molecule has 108 valence electrons. The number of hydrogen-bond donors (Lipinski definition) is 2. The number of nitrogens with one attached hydrogen (secondary N) is 1. The molecule has 0 spiro atoms. The monoisotopic (exact) mass is 281 g/mol. The Morgan fingerprint density at radius 3 is 2.71 bits per heavy atom. The third kappa shape index (κ3) is 2.62. The van der Waals surface area contributed by atoms with Gasteiger partial charge in [0, 0.05) is 19.3 Å². The number of rotatable bonds is 2. The molecule has 2 aromatic rings. The quantitative estimate of drug-likeness (QED) is 0.889. The van der Waals surface area contributed by atoms with Gasteiger partial charge in [-0.1, -0.05) is 42.0 Å². The predicted molar refractivity (Wildman–Crippen MR) is 84.1 cm³/mol. The number of urea groups is 1. The lowest BCUT2D eigenvalue weighted by Gasteiger charge is -2.27. The summed E-state index contributed by atoms with van der Waals surface area (Å²) >= 11 is 0. The van der Waals surface area contributed by atoms with Crippen LogP contribution in [0.25, 0.3) is 0 Å². The molecule has 0 saturated carbocycles. The second-order valence-corrected chi connectivity index (χ2v) is 5.59. The van der Waals surface area contributed by atoms with E-state index in [1.807, 2.05) is 24.3 Å². The zero-order valence-electron chi connectivity index (χ0n) is 12.3. The number of carbonyl (C=O) groups excluding carboxylic acids is 1. The Labute approximate surface area is 124 Å². The number of anilines is 1. The van der Waals surface area contributed by atoms with Crippen LogP contribution in [0.3, 0.4) is 0 Å². The van der Waals surface area contributed by atoms with Crippen LogP contribution in [0.1, 0.15) is 28.3 Å². The summed E-state index contributed by atoms with van der Waals surface area (Å²) in [5, 5.41) is 2.87. The molecule has 4 nitrogen and oxygen atoms in total. The second-order valence-electron chi connectivity index (χ2n) is 5.59. The molecule has 2 aromatic carbocycles. The van der Waals surface area contributed by atoms with E-state index in [1.165, 1.54) is 5.56 Å². The molecule has 0 aromatic heterocycles. The van der Waals surface area contributed by atoms with Crippen LogP contribution in [0.15, 0.2) is 42.5 Å². The normalized spacial score (nSPS) is 15.4. The van der Waals surface area contributed by atoms with Gasteiger partial charge in [-0.25, -0.2) is 4.79 Å². The molecule has 0 aliphatic carbocycles. The minimum Gasteiger partial charge on any atom is -0.323 e. The lowest BCUT2D eigenvalue weighted by Crippen LogP contribution is -2.35. The Bertz CT molecular complexity index is 696. The van der Waals surface area contributed by atoms with Crippen molar-refractivity contribution in [2.45, 2.75) is 19.5 Å². The first-order valence-corrected chi connectivity index (χ1v) is 7.01. The lowest BCUT2D eigenvalue weighted by molar-refractivity contribution is 0.218. The molecule has 3 N–H and O–H groups in total. The fourth-order valence-corrected chi connectivity index (χ4v) is 2.65. The Balaban J connectivity index is 1.93. The molecule has 0 radical (unpaired) electrons. The summed E-state index contributed by atoms with van der Waals surface area (Å²) in [7, 11) is 1.78. The minimum absolute atomic E-state index is 0.0711. The molecule has 1 aliphatic rings. The van der Waals surface area contributed by atoms with E-state index in [-0.39, 0.29) is 12.1 Å². The molecule has 1 aliphatic heterocycles. The Kier molecular flexibility index (Phi) is 3.39. The van der Waals surface area contributed by atoms with Crippen LogP contribution in [0.5, 0.6) is 0 Å². The summed E-state index contributed by atoms with van der Waals surface area (Å²) in [6.07, 6.45) is 0. The number of carbonyl (C=O) groups is 1. The van der Waals surface area contributed by atoms with E-state index < -0.39 is 0 Å². The second kappa shape index (κ2) is 5.22. The van der Waals surface area contributed by atoms with E-state index in [1.54, 1.807) is 11.9 Å². The van der Waals surface area contributed by atoms with Crippen molar-refractivity contribution in [2.24, 2.45) is 5.73 Å². The average molecular weight is 281 g/mol. The van der Waals surface area contributed by atoms with Crippen LogP contribution in [0, 0.1) is 6.92 Å². The first-order chi connectivity index (χ1) is 10.0. The fraction of sp³-hybridized carbons (Fsp3) is 0.235.